The summed E-state index contributed by atoms with van der Waals surface area (Å²) in [4.78, 5) is -0.389. The summed E-state index contributed by atoms with van der Waals surface area (Å²) in [5.74, 6) is -0.811. The smallest absolute Gasteiger partial charge is 0.246 e. The zero-order chi connectivity index (χ0) is 15.6. The van der Waals surface area contributed by atoms with Gasteiger partial charge in [0.2, 0.25) is 10.0 Å². The molecule has 1 saturated heterocycles. The van der Waals surface area contributed by atoms with Gasteiger partial charge in [0.25, 0.3) is 0 Å². The predicted octanol–water partition coefficient (Wildman–Crippen LogP) is 2.36. The van der Waals surface area contributed by atoms with E-state index in [-0.39, 0.29) is 23.2 Å². The fourth-order valence-corrected chi connectivity index (χ4v) is 4.28. The third-order valence-corrected chi connectivity index (χ3v) is 5.98. The third-order valence-electron chi connectivity index (χ3n) is 3.41. The normalized spacial score (nSPS) is 20.6. The van der Waals surface area contributed by atoms with Gasteiger partial charge in [-0.15, -0.1) is 0 Å². The quantitative estimate of drug-likeness (QED) is 0.813. The van der Waals surface area contributed by atoms with Crippen LogP contribution >= 0.6 is 15.9 Å². The number of hydrogen-bond acceptors (Lipinski definition) is 4. The summed E-state index contributed by atoms with van der Waals surface area (Å²) in [5, 5.41) is 0. The lowest BCUT2D eigenvalue weighted by Crippen LogP contribution is -2.43. The van der Waals surface area contributed by atoms with Gasteiger partial charge in [0, 0.05) is 29.9 Å². The Kier molecular flexibility index (Phi) is 5.24. The minimum atomic E-state index is -3.91. The van der Waals surface area contributed by atoms with Crippen molar-refractivity contribution in [2.75, 3.05) is 25.4 Å². The molecule has 8 heteroatoms. The molecule has 5 nitrogen and oxygen atoms in total. The Hall–Kier alpha value is -0.700. The highest BCUT2D eigenvalue weighted by molar-refractivity contribution is 9.10. The molecule has 0 bridgehead atoms. The highest BCUT2D eigenvalue weighted by atomic mass is 79.9. The summed E-state index contributed by atoms with van der Waals surface area (Å²) >= 11 is 3.08. The van der Waals surface area contributed by atoms with Gasteiger partial charge in [0.1, 0.15) is 10.7 Å². The third kappa shape index (κ3) is 3.56. The molecule has 1 aliphatic heterocycles. The van der Waals surface area contributed by atoms with Gasteiger partial charge in [-0.2, -0.15) is 4.31 Å². The molecule has 0 spiro atoms. The molecular formula is C13H18BrFN2O3S. The maximum absolute atomic E-state index is 14.0. The van der Waals surface area contributed by atoms with E-state index < -0.39 is 15.8 Å². The van der Waals surface area contributed by atoms with Gasteiger partial charge in [-0.1, -0.05) is 0 Å². The fourth-order valence-electron chi connectivity index (χ4n) is 2.38. The molecule has 21 heavy (non-hydrogen) atoms. The molecule has 2 rings (SSSR count). The molecule has 1 heterocycles. The molecule has 1 unspecified atom stereocenters. The van der Waals surface area contributed by atoms with Gasteiger partial charge in [0.15, 0.2) is 0 Å². The standard InChI is InChI=1S/C13H18BrFN2O3S/c1-2-20-9-4-3-5-17(8-9)21(18,19)13-7-12(16)10(14)6-11(13)15/h6-7,9H,2-5,8,16H2,1H3. The predicted molar refractivity (Wildman–Crippen MR) is 81.9 cm³/mol. The van der Waals surface area contributed by atoms with Gasteiger partial charge in [-0.05, 0) is 47.8 Å². The van der Waals surface area contributed by atoms with Crippen LogP contribution in [0.3, 0.4) is 0 Å². The number of hydrogen-bond donors (Lipinski definition) is 1. The number of nitrogen functional groups attached to an aromatic ring is 1. The molecule has 1 fully saturated rings. The van der Waals surface area contributed by atoms with Crippen molar-refractivity contribution in [3.63, 3.8) is 0 Å². The van der Waals surface area contributed by atoms with E-state index in [4.69, 9.17) is 10.5 Å². The topological polar surface area (TPSA) is 72.6 Å². The monoisotopic (exact) mass is 380 g/mol. The van der Waals surface area contributed by atoms with Crippen molar-refractivity contribution in [1.82, 2.24) is 4.31 Å². The van der Waals surface area contributed by atoms with Crippen LogP contribution in [0.25, 0.3) is 0 Å². The maximum Gasteiger partial charge on any atom is 0.246 e. The number of rotatable bonds is 4. The van der Waals surface area contributed by atoms with Crippen LogP contribution in [-0.2, 0) is 14.8 Å². The molecule has 118 valence electrons. The Labute approximate surface area is 132 Å². The van der Waals surface area contributed by atoms with E-state index in [9.17, 15) is 12.8 Å². The molecule has 0 amide bonds. The fraction of sp³-hybridized carbons (Fsp3) is 0.538. The number of nitrogens with zero attached hydrogens (tertiary/aromatic N) is 1. The minimum Gasteiger partial charge on any atom is -0.398 e. The van der Waals surface area contributed by atoms with Gasteiger partial charge in [-0.3, -0.25) is 0 Å². The van der Waals surface area contributed by atoms with Crippen LogP contribution in [-0.4, -0.2) is 38.5 Å². The van der Waals surface area contributed by atoms with Crippen molar-refractivity contribution in [2.24, 2.45) is 0 Å². The number of anilines is 1. The average molecular weight is 381 g/mol. The summed E-state index contributed by atoms with van der Waals surface area (Å²) in [6, 6.07) is 2.23. The molecular weight excluding hydrogens is 363 g/mol. The van der Waals surface area contributed by atoms with E-state index in [1.54, 1.807) is 0 Å². The van der Waals surface area contributed by atoms with E-state index in [1.165, 1.54) is 4.31 Å². The zero-order valence-corrected chi connectivity index (χ0v) is 14.1. The van der Waals surface area contributed by atoms with Crippen LogP contribution in [0.1, 0.15) is 19.8 Å². The van der Waals surface area contributed by atoms with E-state index in [0.717, 1.165) is 18.6 Å². The first-order valence-corrected chi connectivity index (χ1v) is 8.95. The first-order chi connectivity index (χ1) is 9.86. The number of nitrogens with two attached hydrogens (primary N) is 1. The van der Waals surface area contributed by atoms with Crippen molar-refractivity contribution in [3.8, 4) is 0 Å². The number of benzene rings is 1. The maximum atomic E-state index is 14.0. The van der Waals surface area contributed by atoms with E-state index in [1.807, 2.05) is 6.92 Å². The van der Waals surface area contributed by atoms with E-state index in [0.29, 0.717) is 24.0 Å². The molecule has 0 saturated carbocycles. The van der Waals surface area contributed by atoms with Crippen molar-refractivity contribution < 1.29 is 17.5 Å². The number of piperidine rings is 1. The Balaban J connectivity index is 2.31. The Morgan fingerprint density at radius 3 is 2.90 bits per heavy atom. The summed E-state index contributed by atoms with van der Waals surface area (Å²) in [5.41, 5.74) is 5.86. The van der Waals surface area contributed by atoms with Crippen molar-refractivity contribution >= 4 is 31.6 Å². The molecule has 1 atom stereocenters. The lowest BCUT2D eigenvalue weighted by atomic mass is 10.1. The van der Waals surface area contributed by atoms with Gasteiger partial charge in [0.05, 0.1) is 6.10 Å². The second-order valence-electron chi connectivity index (χ2n) is 4.89. The SMILES string of the molecule is CCOC1CCCN(S(=O)(=O)c2cc(N)c(Br)cc2F)C1. The van der Waals surface area contributed by atoms with Crippen LogP contribution < -0.4 is 5.73 Å². The highest BCUT2D eigenvalue weighted by Crippen LogP contribution is 2.29. The van der Waals surface area contributed by atoms with E-state index in [2.05, 4.69) is 15.9 Å². The van der Waals surface area contributed by atoms with Crippen LogP contribution in [0.2, 0.25) is 0 Å². The largest absolute Gasteiger partial charge is 0.398 e. The summed E-state index contributed by atoms with van der Waals surface area (Å²) in [6.07, 6.45) is 1.36. The van der Waals surface area contributed by atoms with Gasteiger partial charge >= 0.3 is 0 Å². The average Bonchev–Trinajstić information content (AvgIpc) is 2.43. The highest BCUT2D eigenvalue weighted by Gasteiger charge is 2.32. The molecule has 1 aromatic rings. The first kappa shape index (κ1) is 16.7. The first-order valence-electron chi connectivity index (χ1n) is 6.72. The van der Waals surface area contributed by atoms with Crippen LogP contribution in [0.15, 0.2) is 21.5 Å². The second kappa shape index (κ2) is 6.60. The molecule has 1 aromatic carbocycles. The molecule has 0 aliphatic carbocycles. The van der Waals surface area contributed by atoms with Crippen LogP contribution in [0.5, 0.6) is 0 Å². The van der Waals surface area contributed by atoms with Crippen molar-refractivity contribution in [3.05, 3.63) is 22.4 Å². The summed E-state index contributed by atoms with van der Waals surface area (Å²) < 4.78 is 46.3. The number of sulfonamides is 1. The lowest BCUT2D eigenvalue weighted by Gasteiger charge is -2.31. The van der Waals surface area contributed by atoms with Crippen molar-refractivity contribution in [1.29, 1.82) is 0 Å². The van der Waals surface area contributed by atoms with Crippen LogP contribution in [0, 0.1) is 5.82 Å². The number of ether oxygens (including phenoxy) is 1. The van der Waals surface area contributed by atoms with E-state index >= 15 is 0 Å². The summed E-state index contributed by atoms with van der Waals surface area (Å²) in [6.45, 7) is 2.99. The van der Waals surface area contributed by atoms with Crippen LogP contribution in [0.4, 0.5) is 10.1 Å². The lowest BCUT2D eigenvalue weighted by molar-refractivity contribution is 0.0264. The Morgan fingerprint density at radius 1 is 1.52 bits per heavy atom. The molecule has 1 aliphatic rings. The zero-order valence-electron chi connectivity index (χ0n) is 11.7. The Bertz CT molecular complexity index is 622. The number of halogens is 2. The minimum absolute atomic E-state index is 0.144. The molecule has 0 radical (unpaired) electrons. The van der Waals surface area contributed by atoms with Gasteiger partial charge < -0.3 is 10.5 Å². The summed E-state index contributed by atoms with van der Waals surface area (Å²) in [7, 11) is -3.91. The Morgan fingerprint density at radius 2 is 2.24 bits per heavy atom. The molecule has 0 aromatic heterocycles. The van der Waals surface area contributed by atoms with Crippen molar-refractivity contribution in [2.45, 2.75) is 30.8 Å². The molecule has 2 N–H and O–H groups in total. The second-order valence-corrected chi connectivity index (χ2v) is 7.65. The van der Waals surface area contributed by atoms with Gasteiger partial charge in [-0.25, -0.2) is 12.8 Å².